The molecule has 1 atom stereocenters. The molecule has 0 bridgehead atoms. The molecule has 2 aliphatic rings. The first-order valence-electron chi connectivity index (χ1n) is 10.5. The molecule has 0 radical (unpaired) electrons. The highest BCUT2D eigenvalue weighted by Gasteiger charge is 2.47. The lowest BCUT2D eigenvalue weighted by Crippen LogP contribution is -2.50. The number of hydrogen-bond acceptors (Lipinski definition) is 6. The highest BCUT2D eigenvalue weighted by molar-refractivity contribution is 7.92. The van der Waals surface area contributed by atoms with Crippen LogP contribution in [0.2, 0.25) is 0 Å². The molecule has 0 spiro atoms. The van der Waals surface area contributed by atoms with Crippen molar-refractivity contribution in [2.75, 3.05) is 17.8 Å². The van der Waals surface area contributed by atoms with Crippen LogP contribution in [0.1, 0.15) is 44.9 Å². The zero-order valence-electron chi connectivity index (χ0n) is 18.1. The number of amides is 1. The lowest BCUT2D eigenvalue weighted by Gasteiger charge is -2.35. The first-order chi connectivity index (χ1) is 14.8. The molecular weight excluding hydrogens is 462 g/mol. The van der Waals surface area contributed by atoms with Gasteiger partial charge in [-0.2, -0.15) is 4.36 Å². The number of halogens is 2. The van der Waals surface area contributed by atoms with Gasteiger partial charge in [0.25, 0.3) is 5.92 Å². The van der Waals surface area contributed by atoms with E-state index < -0.39 is 50.6 Å². The summed E-state index contributed by atoms with van der Waals surface area (Å²) in [5.41, 5.74) is 6.27. The summed E-state index contributed by atoms with van der Waals surface area (Å²) in [5, 5.41) is 2.69. The monoisotopic (exact) mass is 492 g/mol. The molecule has 12 heteroatoms. The SMILES string of the molecule is CS(C)(=O)=Nc1cc(NC(=O)[C@@H](N)C2CCCCC2)ccc1S(=O)(=O)NC1CC(F)(F)C1. The van der Waals surface area contributed by atoms with E-state index in [1.807, 2.05) is 0 Å². The smallest absolute Gasteiger partial charge is 0.251 e. The summed E-state index contributed by atoms with van der Waals surface area (Å²) in [5.74, 6) is -3.18. The predicted molar refractivity (Wildman–Crippen MR) is 120 cm³/mol. The second-order valence-electron chi connectivity index (χ2n) is 8.95. The first-order valence-corrected chi connectivity index (χ1v) is 14.3. The van der Waals surface area contributed by atoms with E-state index in [0.29, 0.717) is 0 Å². The Morgan fingerprint density at radius 1 is 1.16 bits per heavy atom. The van der Waals surface area contributed by atoms with Gasteiger partial charge in [0.1, 0.15) is 4.90 Å². The van der Waals surface area contributed by atoms with Crippen molar-refractivity contribution in [3.63, 3.8) is 0 Å². The molecule has 0 heterocycles. The average Bonchev–Trinajstić information content (AvgIpc) is 2.65. The number of carbonyl (C=O) groups is 1. The summed E-state index contributed by atoms with van der Waals surface area (Å²) in [6.45, 7) is 0. The molecule has 3 rings (SSSR count). The van der Waals surface area contributed by atoms with Gasteiger partial charge in [-0.15, -0.1) is 0 Å². The van der Waals surface area contributed by atoms with Crippen LogP contribution in [0, 0.1) is 5.92 Å². The van der Waals surface area contributed by atoms with Crippen LogP contribution in [0.4, 0.5) is 20.2 Å². The van der Waals surface area contributed by atoms with Gasteiger partial charge in [-0.3, -0.25) is 4.79 Å². The maximum Gasteiger partial charge on any atom is 0.251 e. The van der Waals surface area contributed by atoms with Gasteiger partial charge in [-0.1, -0.05) is 19.3 Å². The van der Waals surface area contributed by atoms with Gasteiger partial charge >= 0.3 is 0 Å². The van der Waals surface area contributed by atoms with Crippen LogP contribution >= 0.6 is 0 Å². The van der Waals surface area contributed by atoms with Crippen LogP contribution in [0.3, 0.4) is 0 Å². The largest absolute Gasteiger partial charge is 0.325 e. The van der Waals surface area contributed by atoms with Gasteiger partial charge in [0.2, 0.25) is 15.9 Å². The molecule has 1 aromatic rings. The minimum atomic E-state index is -4.19. The fourth-order valence-electron chi connectivity index (χ4n) is 4.09. The summed E-state index contributed by atoms with van der Waals surface area (Å²) in [7, 11) is -6.94. The quantitative estimate of drug-likeness (QED) is 0.539. The Kier molecular flexibility index (Phi) is 7.28. The van der Waals surface area contributed by atoms with Crippen molar-refractivity contribution in [2.24, 2.45) is 16.0 Å². The fourth-order valence-corrected chi connectivity index (χ4v) is 6.13. The van der Waals surface area contributed by atoms with E-state index in [1.165, 1.54) is 30.7 Å². The summed E-state index contributed by atoms with van der Waals surface area (Å²) < 4.78 is 70.3. The third-order valence-corrected chi connectivity index (χ3v) is 7.91. The molecule has 2 aliphatic carbocycles. The lowest BCUT2D eigenvalue weighted by atomic mass is 9.84. The minimum absolute atomic E-state index is 0.0855. The van der Waals surface area contributed by atoms with Crippen LogP contribution in [0.5, 0.6) is 0 Å². The minimum Gasteiger partial charge on any atom is -0.325 e. The number of nitrogens with one attached hydrogen (secondary N) is 2. The standard InChI is InChI=1S/C20H30F2N4O4S2/c1-31(2,28)26-16-10-14(24-19(27)18(23)13-6-4-3-5-7-13)8-9-17(16)32(29,30)25-15-11-20(21,22)12-15/h8-10,13,15,18,25H,3-7,11-12,23H2,1-2H3,(H,24,27)/t18-/m0/s1. The van der Waals surface area contributed by atoms with Crippen LogP contribution < -0.4 is 15.8 Å². The number of sulfonamides is 1. The third kappa shape index (κ3) is 6.46. The molecule has 4 N–H and O–H groups in total. The summed E-state index contributed by atoms with van der Waals surface area (Å²) >= 11 is 0. The number of nitrogens with zero attached hydrogens (tertiary/aromatic N) is 1. The van der Waals surface area contributed by atoms with Crippen molar-refractivity contribution < 1.29 is 26.2 Å². The van der Waals surface area contributed by atoms with E-state index in [0.717, 1.165) is 32.1 Å². The molecule has 0 unspecified atom stereocenters. The van der Waals surface area contributed by atoms with Gasteiger partial charge in [-0.25, -0.2) is 26.1 Å². The molecule has 2 saturated carbocycles. The van der Waals surface area contributed by atoms with E-state index in [-0.39, 0.29) is 28.1 Å². The number of rotatable bonds is 7. The molecule has 0 saturated heterocycles. The van der Waals surface area contributed by atoms with Crippen molar-refractivity contribution in [1.29, 1.82) is 0 Å². The summed E-state index contributed by atoms with van der Waals surface area (Å²) in [6, 6.07) is 2.32. The normalized spacial score (nSPS) is 20.9. The number of benzene rings is 1. The van der Waals surface area contributed by atoms with Crippen molar-refractivity contribution in [2.45, 2.75) is 67.8 Å². The van der Waals surface area contributed by atoms with Gasteiger partial charge < -0.3 is 11.1 Å². The summed E-state index contributed by atoms with van der Waals surface area (Å²) in [6.07, 6.45) is 6.48. The number of hydrogen-bond donors (Lipinski definition) is 3. The molecule has 1 aromatic carbocycles. The fraction of sp³-hybridized carbons (Fsp3) is 0.650. The van der Waals surface area contributed by atoms with E-state index in [4.69, 9.17) is 5.73 Å². The Hall–Kier alpha value is -1.63. The molecule has 8 nitrogen and oxygen atoms in total. The molecule has 0 aromatic heterocycles. The number of anilines is 1. The molecular formula is C20H30F2N4O4S2. The highest BCUT2D eigenvalue weighted by atomic mass is 32.2. The topological polar surface area (TPSA) is 131 Å². The first kappa shape index (κ1) is 25.0. The van der Waals surface area contributed by atoms with Gasteiger partial charge in [0.05, 0.1) is 11.7 Å². The van der Waals surface area contributed by atoms with Crippen LogP contribution in [-0.2, 0) is 24.5 Å². The third-order valence-electron chi connectivity index (χ3n) is 5.71. The Bertz CT molecular complexity index is 1080. The Labute approximate surface area is 188 Å². The summed E-state index contributed by atoms with van der Waals surface area (Å²) in [4.78, 5) is 12.3. The number of nitrogens with two attached hydrogens (primary N) is 1. The van der Waals surface area contributed by atoms with Crippen molar-refractivity contribution in [1.82, 2.24) is 4.72 Å². The van der Waals surface area contributed by atoms with Gasteiger partial charge in [0, 0.05) is 46.8 Å². The molecule has 180 valence electrons. The Morgan fingerprint density at radius 3 is 2.34 bits per heavy atom. The highest BCUT2D eigenvalue weighted by Crippen LogP contribution is 2.39. The predicted octanol–water partition coefficient (Wildman–Crippen LogP) is 2.97. The van der Waals surface area contributed by atoms with E-state index >= 15 is 0 Å². The van der Waals surface area contributed by atoms with Crippen LogP contribution in [0.25, 0.3) is 0 Å². The number of carbonyl (C=O) groups excluding carboxylic acids is 1. The average molecular weight is 493 g/mol. The molecule has 1 amide bonds. The second kappa shape index (κ2) is 9.32. The maximum atomic E-state index is 13.1. The lowest BCUT2D eigenvalue weighted by molar-refractivity contribution is -0.118. The Balaban J connectivity index is 1.83. The second-order valence-corrected chi connectivity index (χ2v) is 13.2. The molecule has 2 fully saturated rings. The molecule has 32 heavy (non-hydrogen) atoms. The van der Waals surface area contributed by atoms with E-state index in [1.54, 1.807) is 0 Å². The van der Waals surface area contributed by atoms with Crippen molar-refractivity contribution in [3.8, 4) is 0 Å². The zero-order valence-corrected chi connectivity index (χ0v) is 19.8. The number of alkyl halides is 2. The van der Waals surface area contributed by atoms with Crippen molar-refractivity contribution in [3.05, 3.63) is 18.2 Å². The zero-order chi connectivity index (χ0) is 23.7. The van der Waals surface area contributed by atoms with Crippen molar-refractivity contribution >= 4 is 37.0 Å². The van der Waals surface area contributed by atoms with Gasteiger partial charge in [-0.05, 0) is 37.0 Å². The van der Waals surface area contributed by atoms with Gasteiger partial charge in [0.15, 0.2) is 0 Å². The van der Waals surface area contributed by atoms with Crippen LogP contribution in [0.15, 0.2) is 27.5 Å². The molecule has 0 aliphatic heterocycles. The van der Waals surface area contributed by atoms with E-state index in [9.17, 15) is 26.2 Å². The van der Waals surface area contributed by atoms with Crippen LogP contribution in [-0.4, -0.2) is 49.1 Å². The van der Waals surface area contributed by atoms with E-state index in [2.05, 4.69) is 14.4 Å². The Morgan fingerprint density at radius 2 is 1.78 bits per heavy atom. The maximum absolute atomic E-state index is 13.1.